The number of nitrogens with one attached hydrogen (secondary N) is 1. The third kappa shape index (κ3) is 5.28. The Labute approximate surface area is 147 Å². The van der Waals surface area contributed by atoms with Crippen molar-refractivity contribution in [1.29, 1.82) is 0 Å². The van der Waals surface area contributed by atoms with E-state index in [1.807, 2.05) is 0 Å². The smallest absolute Gasteiger partial charge is 0.465 e. The largest absolute Gasteiger partial charge is 0.471 e. The van der Waals surface area contributed by atoms with Crippen molar-refractivity contribution >= 4 is 45.2 Å². The number of carbonyl (C=O) groups excluding carboxylic acids is 4. The van der Waals surface area contributed by atoms with E-state index in [4.69, 9.17) is 4.74 Å². The molecule has 1 N–H and O–H groups in total. The predicted octanol–water partition coefficient (Wildman–Crippen LogP) is 2.48. The summed E-state index contributed by atoms with van der Waals surface area (Å²) >= 11 is 2.89. The van der Waals surface area contributed by atoms with Crippen molar-refractivity contribution in [3.8, 4) is 5.75 Å². The van der Waals surface area contributed by atoms with Gasteiger partial charge in [0.15, 0.2) is 5.78 Å². The van der Waals surface area contributed by atoms with Crippen LogP contribution in [0.15, 0.2) is 12.1 Å². The van der Waals surface area contributed by atoms with E-state index in [1.54, 1.807) is 0 Å². The third-order valence-corrected chi connectivity index (χ3v) is 3.22. The Morgan fingerprint density at radius 1 is 1.16 bits per heavy atom. The minimum Gasteiger partial charge on any atom is -0.465 e. The Hall–Kier alpha value is -2.43. The van der Waals surface area contributed by atoms with Crippen LogP contribution in [0.5, 0.6) is 5.75 Å². The fourth-order valence-corrected chi connectivity index (χ4v) is 1.99. The van der Waals surface area contributed by atoms with Gasteiger partial charge in [0, 0.05) is 13.0 Å². The first-order valence-corrected chi connectivity index (χ1v) is 7.55. The Kier molecular flexibility index (Phi) is 6.68. The number of ketones is 1. The van der Waals surface area contributed by atoms with Crippen LogP contribution in [0.3, 0.4) is 0 Å². The van der Waals surface area contributed by atoms with Gasteiger partial charge in [0.05, 0.1) is 29.3 Å². The van der Waals surface area contributed by atoms with Gasteiger partial charge < -0.3 is 14.8 Å². The number of methoxy groups -OCH3 is 1. The molecule has 0 aliphatic rings. The van der Waals surface area contributed by atoms with Gasteiger partial charge in [0.2, 0.25) is 0 Å². The summed E-state index contributed by atoms with van der Waals surface area (Å²) < 4.78 is 46.6. The van der Waals surface area contributed by atoms with E-state index in [-0.39, 0.29) is 10.9 Å². The topological polar surface area (TPSA) is 98.8 Å². The highest BCUT2D eigenvalue weighted by Gasteiger charge is 2.39. The van der Waals surface area contributed by atoms with Gasteiger partial charge in [0.25, 0.3) is 0 Å². The van der Waals surface area contributed by atoms with Gasteiger partial charge in [-0.15, -0.1) is 0 Å². The highest BCUT2D eigenvalue weighted by molar-refractivity contribution is 9.09. The summed E-state index contributed by atoms with van der Waals surface area (Å²) in [7, 11) is 0.962. The Morgan fingerprint density at radius 2 is 1.76 bits per heavy atom. The Balaban J connectivity index is 3.56. The lowest BCUT2D eigenvalue weighted by Crippen LogP contribution is -2.30. The molecule has 7 nitrogen and oxygen atoms in total. The number of esters is 2. The molecule has 0 saturated carbocycles. The summed E-state index contributed by atoms with van der Waals surface area (Å²) in [4.78, 5) is 46.0. The number of alkyl halides is 4. The lowest BCUT2D eigenvalue weighted by molar-refractivity contribution is -0.167. The fraction of sp³-hybridized carbons (Fsp3) is 0.286. The van der Waals surface area contributed by atoms with Crippen molar-refractivity contribution in [3.63, 3.8) is 0 Å². The minimum absolute atomic E-state index is 0.212. The molecular weight excluding hydrogens is 415 g/mol. The molecule has 0 aliphatic heterocycles. The summed E-state index contributed by atoms with van der Waals surface area (Å²) in [5, 5.41) is 1.27. The van der Waals surface area contributed by atoms with Crippen LogP contribution in [-0.4, -0.2) is 42.2 Å². The first-order chi connectivity index (χ1) is 11.5. The van der Waals surface area contributed by atoms with E-state index in [9.17, 15) is 32.3 Å². The second-order valence-corrected chi connectivity index (χ2v) is 5.05. The molecule has 25 heavy (non-hydrogen) atoms. The standard InChI is InChI=1S/C14H11BrF3NO6/c1-6(20)25-11-4-9(19-13(23)14(16,17)18)7(12(22)24-2)3-8(11)10(21)5-15/h3-4H,5H2,1-2H3,(H,19,23). The van der Waals surface area contributed by atoms with E-state index in [1.165, 1.54) is 5.32 Å². The molecule has 1 aromatic carbocycles. The summed E-state index contributed by atoms with van der Waals surface area (Å²) in [6.45, 7) is 1.00. The van der Waals surface area contributed by atoms with Crippen LogP contribution in [0, 0.1) is 0 Å². The lowest BCUT2D eigenvalue weighted by atomic mass is 10.0. The van der Waals surface area contributed by atoms with Gasteiger partial charge in [-0.25, -0.2) is 4.79 Å². The minimum atomic E-state index is -5.22. The highest BCUT2D eigenvalue weighted by atomic mass is 79.9. The first-order valence-electron chi connectivity index (χ1n) is 6.43. The molecule has 0 saturated heterocycles. The molecule has 0 spiro atoms. The molecule has 1 amide bonds. The molecule has 0 bridgehead atoms. The van der Waals surface area contributed by atoms with Gasteiger partial charge in [-0.2, -0.15) is 13.2 Å². The van der Waals surface area contributed by atoms with E-state index in [0.717, 1.165) is 26.2 Å². The number of hydrogen-bond acceptors (Lipinski definition) is 6. The van der Waals surface area contributed by atoms with Crippen molar-refractivity contribution in [2.75, 3.05) is 17.8 Å². The van der Waals surface area contributed by atoms with Crippen molar-refractivity contribution < 1.29 is 41.8 Å². The number of carbonyl (C=O) groups is 4. The number of ether oxygens (including phenoxy) is 2. The normalized spacial score (nSPS) is 10.8. The highest BCUT2D eigenvalue weighted by Crippen LogP contribution is 2.30. The zero-order valence-electron chi connectivity index (χ0n) is 12.8. The number of benzene rings is 1. The van der Waals surface area contributed by atoms with Crippen LogP contribution < -0.4 is 10.1 Å². The number of Topliss-reactive ketones (excluding diaryl/α,β-unsaturated/α-hetero) is 1. The maximum atomic E-state index is 12.4. The van der Waals surface area contributed by atoms with Gasteiger partial charge in [-0.05, 0) is 6.07 Å². The maximum Gasteiger partial charge on any atom is 0.471 e. The van der Waals surface area contributed by atoms with E-state index >= 15 is 0 Å². The van der Waals surface area contributed by atoms with Crippen molar-refractivity contribution in [3.05, 3.63) is 23.3 Å². The molecule has 0 fully saturated rings. The zero-order chi connectivity index (χ0) is 19.4. The molecular formula is C14H11BrF3NO6. The summed E-state index contributed by atoms with van der Waals surface area (Å²) in [6, 6.07) is 1.65. The number of halogens is 4. The van der Waals surface area contributed by atoms with Crippen LogP contribution in [-0.2, 0) is 14.3 Å². The number of amides is 1. The molecule has 1 aromatic rings. The average molecular weight is 426 g/mol. The van der Waals surface area contributed by atoms with Crippen LogP contribution >= 0.6 is 15.9 Å². The summed E-state index contributed by atoms with van der Waals surface area (Å²) in [6.07, 6.45) is -5.22. The van der Waals surface area contributed by atoms with Gasteiger partial charge in [0.1, 0.15) is 5.75 Å². The Morgan fingerprint density at radius 3 is 2.20 bits per heavy atom. The maximum absolute atomic E-state index is 12.4. The zero-order valence-corrected chi connectivity index (χ0v) is 14.4. The van der Waals surface area contributed by atoms with Crippen LogP contribution in [0.25, 0.3) is 0 Å². The SMILES string of the molecule is COC(=O)c1cc(C(=O)CBr)c(OC(C)=O)cc1NC(=O)C(F)(F)F. The second-order valence-electron chi connectivity index (χ2n) is 4.49. The van der Waals surface area contributed by atoms with Crippen molar-refractivity contribution in [2.45, 2.75) is 13.1 Å². The fourth-order valence-electron chi connectivity index (χ4n) is 1.68. The lowest BCUT2D eigenvalue weighted by Gasteiger charge is -2.15. The molecule has 1 rings (SSSR count). The molecule has 0 unspecified atom stereocenters. The number of anilines is 1. The first kappa shape index (κ1) is 20.6. The van der Waals surface area contributed by atoms with Crippen LogP contribution in [0.2, 0.25) is 0 Å². The average Bonchev–Trinajstić information content (AvgIpc) is 2.52. The molecule has 0 aromatic heterocycles. The van der Waals surface area contributed by atoms with E-state index < -0.39 is 46.8 Å². The van der Waals surface area contributed by atoms with Gasteiger partial charge in [-0.3, -0.25) is 14.4 Å². The molecule has 0 radical (unpaired) electrons. The number of hydrogen-bond donors (Lipinski definition) is 1. The van der Waals surface area contributed by atoms with Crippen LogP contribution in [0.1, 0.15) is 27.6 Å². The Bertz CT molecular complexity index is 732. The van der Waals surface area contributed by atoms with Crippen LogP contribution in [0.4, 0.5) is 18.9 Å². The van der Waals surface area contributed by atoms with Gasteiger partial charge >= 0.3 is 24.0 Å². The second kappa shape index (κ2) is 8.10. The van der Waals surface area contributed by atoms with Gasteiger partial charge in [-0.1, -0.05) is 15.9 Å². The molecule has 136 valence electrons. The van der Waals surface area contributed by atoms with Crippen molar-refractivity contribution in [2.24, 2.45) is 0 Å². The third-order valence-electron chi connectivity index (χ3n) is 2.71. The number of rotatable bonds is 5. The van der Waals surface area contributed by atoms with Crippen molar-refractivity contribution in [1.82, 2.24) is 0 Å². The molecule has 11 heteroatoms. The molecule has 0 atom stereocenters. The van der Waals surface area contributed by atoms with E-state index in [0.29, 0.717) is 0 Å². The molecule has 0 heterocycles. The monoisotopic (exact) mass is 425 g/mol. The van der Waals surface area contributed by atoms with E-state index in [2.05, 4.69) is 20.7 Å². The molecule has 0 aliphatic carbocycles. The predicted molar refractivity (Wildman–Crippen MR) is 81.9 cm³/mol. The summed E-state index contributed by atoms with van der Waals surface area (Å²) in [5.41, 5.74) is -1.39. The summed E-state index contributed by atoms with van der Waals surface area (Å²) in [5.74, 6) is -5.35. The quantitative estimate of drug-likeness (QED) is 0.336.